The van der Waals surface area contributed by atoms with E-state index >= 15 is 0 Å². The lowest BCUT2D eigenvalue weighted by atomic mass is 9.86. The first kappa shape index (κ1) is 13.9. The van der Waals surface area contributed by atoms with Crippen LogP contribution in [0.15, 0.2) is 48.5 Å². The minimum Gasteiger partial charge on any atom is -0.372 e. The van der Waals surface area contributed by atoms with Gasteiger partial charge in [-0.15, -0.1) is 0 Å². The largest absolute Gasteiger partial charge is 0.372 e. The van der Waals surface area contributed by atoms with Crippen LogP contribution in [0.25, 0.3) is 0 Å². The van der Waals surface area contributed by atoms with E-state index in [2.05, 4.69) is 0 Å². The molecule has 1 atom stereocenters. The van der Waals surface area contributed by atoms with E-state index in [1.54, 1.807) is 30.3 Å². The first-order chi connectivity index (χ1) is 8.96. The molecular formula is C14H11Cl2NO2. The van der Waals surface area contributed by atoms with E-state index in [9.17, 15) is 9.90 Å². The number of halogens is 2. The summed E-state index contributed by atoms with van der Waals surface area (Å²) in [4.78, 5) is 11.7. The van der Waals surface area contributed by atoms with Gasteiger partial charge < -0.3 is 10.8 Å². The molecule has 2 rings (SSSR count). The minimum absolute atomic E-state index is 0.245. The van der Waals surface area contributed by atoms with Crippen LogP contribution in [0, 0.1) is 0 Å². The van der Waals surface area contributed by atoms with Crippen LogP contribution in [0.5, 0.6) is 0 Å². The molecule has 0 aliphatic carbocycles. The predicted octanol–water partition coefficient (Wildman–Crippen LogP) is 2.71. The summed E-state index contributed by atoms with van der Waals surface area (Å²) in [5, 5.41) is 11.3. The van der Waals surface area contributed by atoms with E-state index < -0.39 is 11.5 Å². The number of amides is 1. The second-order valence-corrected chi connectivity index (χ2v) is 4.88. The van der Waals surface area contributed by atoms with Gasteiger partial charge >= 0.3 is 0 Å². The smallest absolute Gasteiger partial charge is 0.258 e. The molecule has 0 fully saturated rings. The number of aliphatic hydroxyl groups is 1. The van der Waals surface area contributed by atoms with E-state index in [4.69, 9.17) is 28.9 Å². The maximum atomic E-state index is 11.7. The molecule has 0 bridgehead atoms. The molecule has 98 valence electrons. The highest BCUT2D eigenvalue weighted by atomic mass is 35.5. The standard InChI is InChI=1S/C14H11Cl2NO2/c15-11-7-6-10(8-12(11)16)14(19,13(17)18)9-4-2-1-3-5-9/h1-8,19H,(H2,17,18). The highest BCUT2D eigenvalue weighted by Gasteiger charge is 2.38. The summed E-state index contributed by atoms with van der Waals surface area (Å²) in [5.41, 5.74) is 4.08. The van der Waals surface area contributed by atoms with E-state index in [0.29, 0.717) is 10.6 Å². The second kappa shape index (κ2) is 5.21. The molecule has 0 radical (unpaired) electrons. The molecule has 3 nitrogen and oxygen atoms in total. The average Bonchev–Trinajstić information content (AvgIpc) is 2.41. The summed E-state index contributed by atoms with van der Waals surface area (Å²) < 4.78 is 0. The van der Waals surface area contributed by atoms with Gasteiger partial charge in [0.05, 0.1) is 10.0 Å². The number of carbonyl (C=O) groups is 1. The van der Waals surface area contributed by atoms with Gasteiger partial charge in [0, 0.05) is 0 Å². The molecule has 3 N–H and O–H groups in total. The fourth-order valence-corrected chi connectivity index (χ4v) is 2.15. The first-order valence-corrected chi connectivity index (χ1v) is 6.25. The molecule has 0 heterocycles. The molecular weight excluding hydrogens is 285 g/mol. The Morgan fingerprint density at radius 3 is 2.16 bits per heavy atom. The van der Waals surface area contributed by atoms with Gasteiger partial charge in [-0.1, -0.05) is 59.6 Å². The van der Waals surface area contributed by atoms with Gasteiger partial charge in [-0.3, -0.25) is 4.79 Å². The van der Waals surface area contributed by atoms with Crippen LogP contribution in [-0.4, -0.2) is 11.0 Å². The molecule has 0 aromatic heterocycles. The van der Waals surface area contributed by atoms with Gasteiger partial charge in [0.15, 0.2) is 5.60 Å². The Bertz CT molecular complexity index is 616. The number of hydrogen-bond acceptors (Lipinski definition) is 2. The minimum atomic E-state index is -1.94. The summed E-state index contributed by atoms with van der Waals surface area (Å²) >= 11 is 11.7. The summed E-state index contributed by atoms with van der Waals surface area (Å²) in [6, 6.07) is 12.9. The van der Waals surface area contributed by atoms with Crippen LogP contribution in [0.2, 0.25) is 10.0 Å². The predicted molar refractivity (Wildman–Crippen MR) is 75.1 cm³/mol. The maximum absolute atomic E-state index is 11.7. The number of rotatable bonds is 3. The van der Waals surface area contributed by atoms with Crippen molar-refractivity contribution in [3.8, 4) is 0 Å². The third-order valence-electron chi connectivity index (χ3n) is 2.89. The SMILES string of the molecule is NC(=O)C(O)(c1ccccc1)c1ccc(Cl)c(Cl)c1. The molecule has 5 heteroatoms. The zero-order valence-corrected chi connectivity index (χ0v) is 11.3. The summed E-state index contributed by atoms with van der Waals surface area (Å²) in [6.07, 6.45) is 0. The molecule has 19 heavy (non-hydrogen) atoms. The van der Waals surface area contributed by atoms with Crippen LogP contribution in [-0.2, 0) is 10.4 Å². The van der Waals surface area contributed by atoms with Gasteiger partial charge in [-0.2, -0.15) is 0 Å². The molecule has 0 aliphatic heterocycles. The normalized spacial score (nSPS) is 13.8. The lowest BCUT2D eigenvalue weighted by molar-refractivity contribution is -0.133. The van der Waals surface area contributed by atoms with Gasteiger partial charge in [0.25, 0.3) is 5.91 Å². The number of nitrogens with two attached hydrogens (primary N) is 1. The lowest BCUT2D eigenvalue weighted by Crippen LogP contribution is -2.42. The maximum Gasteiger partial charge on any atom is 0.258 e. The van der Waals surface area contributed by atoms with Crippen molar-refractivity contribution in [2.45, 2.75) is 5.60 Å². The quantitative estimate of drug-likeness (QED) is 0.914. The fourth-order valence-electron chi connectivity index (χ4n) is 1.85. The van der Waals surface area contributed by atoms with Crippen LogP contribution < -0.4 is 5.73 Å². The number of primary amides is 1. The van der Waals surface area contributed by atoms with Gasteiger partial charge in [0.1, 0.15) is 0 Å². The third-order valence-corrected chi connectivity index (χ3v) is 3.62. The summed E-state index contributed by atoms with van der Waals surface area (Å²) in [6.45, 7) is 0. The van der Waals surface area contributed by atoms with Crippen molar-refractivity contribution in [3.05, 3.63) is 69.7 Å². The summed E-state index contributed by atoms with van der Waals surface area (Å²) in [7, 11) is 0. The fraction of sp³-hybridized carbons (Fsp3) is 0.0714. The van der Waals surface area contributed by atoms with Crippen LogP contribution >= 0.6 is 23.2 Å². The van der Waals surface area contributed by atoms with E-state index in [0.717, 1.165) is 0 Å². The van der Waals surface area contributed by atoms with E-state index in [-0.39, 0.29) is 10.6 Å². The molecule has 2 aromatic carbocycles. The zero-order chi connectivity index (χ0) is 14.0. The molecule has 0 spiro atoms. The first-order valence-electron chi connectivity index (χ1n) is 5.49. The monoisotopic (exact) mass is 295 g/mol. The van der Waals surface area contributed by atoms with Crippen molar-refractivity contribution < 1.29 is 9.90 Å². The molecule has 0 saturated carbocycles. The molecule has 0 saturated heterocycles. The summed E-state index contributed by atoms with van der Waals surface area (Å²) in [5.74, 6) is -0.878. The Morgan fingerprint density at radius 2 is 1.63 bits per heavy atom. The lowest BCUT2D eigenvalue weighted by Gasteiger charge is -2.26. The van der Waals surface area contributed by atoms with Crippen molar-refractivity contribution in [2.75, 3.05) is 0 Å². The van der Waals surface area contributed by atoms with Crippen molar-refractivity contribution >= 4 is 29.1 Å². The van der Waals surface area contributed by atoms with Crippen molar-refractivity contribution in [1.29, 1.82) is 0 Å². The Hall–Kier alpha value is -1.55. The van der Waals surface area contributed by atoms with Crippen molar-refractivity contribution in [1.82, 2.24) is 0 Å². The van der Waals surface area contributed by atoms with E-state index in [1.807, 2.05) is 0 Å². The third kappa shape index (κ3) is 2.45. The van der Waals surface area contributed by atoms with Crippen LogP contribution in [0.3, 0.4) is 0 Å². The Balaban J connectivity index is 2.63. The van der Waals surface area contributed by atoms with Gasteiger partial charge in [-0.25, -0.2) is 0 Å². The highest BCUT2D eigenvalue weighted by Crippen LogP contribution is 2.33. The van der Waals surface area contributed by atoms with Gasteiger partial charge in [0.2, 0.25) is 0 Å². The van der Waals surface area contributed by atoms with Crippen LogP contribution in [0.4, 0.5) is 0 Å². The molecule has 1 unspecified atom stereocenters. The number of carbonyl (C=O) groups excluding carboxylic acids is 1. The zero-order valence-electron chi connectivity index (χ0n) is 9.81. The molecule has 2 aromatic rings. The Kier molecular flexibility index (Phi) is 3.80. The average molecular weight is 296 g/mol. The van der Waals surface area contributed by atoms with Crippen molar-refractivity contribution in [2.24, 2.45) is 5.73 Å². The number of hydrogen-bond donors (Lipinski definition) is 2. The second-order valence-electron chi connectivity index (χ2n) is 4.07. The van der Waals surface area contributed by atoms with Crippen molar-refractivity contribution in [3.63, 3.8) is 0 Å². The van der Waals surface area contributed by atoms with E-state index in [1.165, 1.54) is 18.2 Å². The molecule has 0 aliphatic rings. The number of benzene rings is 2. The van der Waals surface area contributed by atoms with Gasteiger partial charge in [-0.05, 0) is 23.3 Å². The highest BCUT2D eigenvalue weighted by molar-refractivity contribution is 6.42. The topological polar surface area (TPSA) is 63.3 Å². The molecule has 1 amide bonds. The Morgan fingerprint density at radius 1 is 1.00 bits per heavy atom. The Labute approximate surface area is 120 Å². The van der Waals surface area contributed by atoms with Crippen LogP contribution in [0.1, 0.15) is 11.1 Å².